The van der Waals surface area contributed by atoms with Crippen molar-refractivity contribution in [2.45, 2.75) is 71.1 Å². The monoisotopic (exact) mass is 256 g/mol. The van der Waals surface area contributed by atoms with Crippen molar-refractivity contribution in [1.29, 1.82) is 0 Å². The third kappa shape index (κ3) is 6.36. The van der Waals surface area contributed by atoms with Crippen LogP contribution in [0, 0.1) is 0 Å². The zero-order valence-corrected chi connectivity index (χ0v) is 12.2. The Morgan fingerprint density at radius 1 is 1.17 bits per heavy atom. The van der Waals surface area contributed by atoms with Crippen molar-refractivity contribution in [1.82, 2.24) is 10.6 Å². The molecule has 1 saturated carbocycles. The van der Waals surface area contributed by atoms with Gasteiger partial charge in [-0.05, 0) is 53.0 Å². The molecule has 0 bridgehead atoms. The zero-order chi connectivity index (χ0) is 13.6. The minimum atomic E-state index is -0.250. The molecule has 4 nitrogen and oxygen atoms in total. The Morgan fingerprint density at radius 3 is 2.22 bits per heavy atom. The van der Waals surface area contributed by atoms with Crippen LogP contribution in [0.4, 0.5) is 0 Å². The molecule has 0 aliphatic heterocycles. The van der Waals surface area contributed by atoms with E-state index in [1.165, 1.54) is 0 Å². The molecular formula is C14H28N2O2. The molecule has 18 heavy (non-hydrogen) atoms. The van der Waals surface area contributed by atoms with Gasteiger partial charge in [-0.1, -0.05) is 6.92 Å². The summed E-state index contributed by atoms with van der Waals surface area (Å²) in [6.07, 6.45) is 4.44. The SMILES string of the molecule is CCNC1CCC(NC(=O)COC(C)(C)C)CC1. The molecule has 1 amide bonds. The van der Waals surface area contributed by atoms with E-state index in [0.717, 1.165) is 32.2 Å². The number of nitrogens with one attached hydrogen (secondary N) is 2. The highest BCUT2D eigenvalue weighted by molar-refractivity contribution is 5.77. The molecular weight excluding hydrogens is 228 g/mol. The van der Waals surface area contributed by atoms with Crippen molar-refractivity contribution in [3.05, 3.63) is 0 Å². The largest absolute Gasteiger partial charge is 0.366 e. The maximum absolute atomic E-state index is 11.7. The zero-order valence-electron chi connectivity index (χ0n) is 12.2. The van der Waals surface area contributed by atoms with E-state index in [1.54, 1.807) is 0 Å². The number of carbonyl (C=O) groups is 1. The van der Waals surface area contributed by atoms with Gasteiger partial charge in [0, 0.05) is 12.1 Å². The normalized spacial score (nSPS) is 24.9. The van der Waals surface area contributed by atoms with Crippen molar-refractivity contribution in [2.24, 2.45) is 0 Å². The quantitative estimate of drug-likeness (QED) is 0.789. The highest BCUT2D eigenvalue weighted by atomic mass is 16.5. The number of ether oxygens (including phenoxy) is 1. The molecule has 0 aromatic heterocycles. The van der Waals surface area contributed by atoms with Gasteiger partial charge in [0.25, 0.3) is 0 Å². The predicted octanol–water partition coefficient (Wildman–Crippen LogP) is 1.84. The third-order valence-corrected chi connectivity index (χ3v) is 3.22. The van der Waals surface area contributed by atoms with Gasteiger partial charge in [0.1, 0.15) is 6.61 Å². The minimum absolute atomic E-state index is 0.0109. The molecule has 2 N–H and O–H groups in total. The summed E-state index contributed by atoms with van der Waals surface area (Å²) >= 11 is 0. The van der Waals surface area contributed by atoms with Crippen LogP contribution in [0.1, 0.15) is 53.4 Å². The van der Waals surface area contributed by atoms with E-state index >= 15 is 0 Å². The smallest absolute Gasteiger partial charge is 0.246 e. The van der Waals surface area contributed by atoms with Crippen molar-refractivity contribution in [2.75, 3.05) is 13.2 Å². The molecule has 106 valence electrons. The highest BCUT2D eigenvalue weighted by Crippen LogP contribution is 2.18. The number of rotatable bonds is 5. The molecule has 0 aromatic carbocycles. The Morgan fingerprint density at radius 2 is 1.72 bits per heavy atom. The number of hydrogen-bond donors (Lipinski definition) is 2. The summed E-state index contributed by atoms with van der Waals surface area (Å²) < 4.78 is 5.47. The summed E-state index contributed by atoms with van der Waals surface area (Å²) in [7, 11) is 0. The Kier molecular flexibility index (Phi) is 6.09. The van der Waals surface area contributed by atoms with Crippen LogP contribution in [0.15, 0.2) is 0 Å². The van der Waals surface area contributed by atoms with Crippen molar-refractivity contribution in [3.63, 3.8) is 0 Å². The summed E-state index contributed by atoms with van der Waals surface area (Å²) in [5.74, 6) is 0.0109. The van der Waals surface area contributed by atoms with E-state index in [9.17, 15) is 4.79 Å². The van der Waals surface area contributed by atoms with E-state index in [1.807, 2.05) is 20.8 Å². The second-order valence-electron chi connectivity index (χ2n) is 6.07. The Hall–Kier alpha value is -0.610. The van der Waals surface area contributed by atoms with Crippen LogP contribution >= 0.6 is 0 Å². The summed E-state index contributed by atoms with van der Waals surface area (Å²) in [6.45, 7) is 9.21. The first-order chi connectivity index (χ1) is 8.40. The van der Waals surface area contributed by atoms with Crippen LogP contribution < -0.4 is 10.6 Å². The molecule has 4 heteroatoms. The van der Waals surface area contributed by atoms with Crippen LogP contribution in [0.25, 0.3) is 0 Å². The molecule has 0 atom stereocenters. The predicted molar refractivity (Wildman–Crippen MR) is 73.6 cm³/mol. The Balaban J connectivity index is 2.18. The molecule has 1 fully saturated rings. The average Bonchev–Trinajstić information content (AvgIpc) is 2.29. The van der Waals surface area contributed by atoms with Gasteiger partial charge in [0.05, 0.1) is 5.60 Å². The highest BCUT2D eigenvalue weighted by Gasteiger charge is 2.22. The van der Waals surface area contributed by atoms with Crippen molar-refractivity contribution in [3.8, 4) is 0 Å². The molecule has 0 aromatic rings. The van der Waals surface area contributed by atoms with Crippen molar-refractivity contribution >= 4 is 5.91 Å². The van der Waals surface area contributed by atoms with Crippen LogP contribution in [0.2, 0.25) is 0 Å². The minimum Gasteiger partial charge on any atom is -0.366 e. The lowest BCUT2D eigenvalue weighted by atomic mass is 9.91. The fourth-order valence-corrected chi connectivity index (χ4v) is 2.28. The summed E-state index contributed by atoms with van der Waals surface area (Å²) in [5, 5.41) is 6.53. The van der Waals surface area contributed by atoms with Crippen molar-refractivity contribution < 1.29 is 9.53 Å². The number of amides is 1. The Labute approximate surface area is 111 Å². The van der Waals surface area contributed by atoms with Gasteiger partial charge in [-0.3, -0.25) is 4.79 Å². The molecule has 1 aliphatic rings. The standard InChI is InChI=1S/C14H28N2O2/c1-5-15-11-6-8-12(9-7-11)16-13(17)10-18-14(2,3)4/h11-12,15H,5-10H2,1-4H3,(H,16,17). The van der Waals surface area contributed by atoms with E-state index in [0.29, 0.717) is 12.1 Å². The van der Waals surface area contributed by atoms with Crippen LogP contribution in [-0.2, 0) is 9.53 Å². The van der Waals surface area contributed by atoms with Crippen LogP contribution in [0.5, 0.6) is 0 Å². The fraction of sp³-hybridized carbons (Fsp3) is 0.929. The number of carbonyl (C=O) groups excluding carboxylic acids is 1. The molecule has 1 aliphatic carbocycles. The van der Waals surface area contributed by atoms with Gasteiger partial charge in [0.15, 0.2) is 0 Å². The third-order valence-electron chi connectivity index (χ3n) is 3.22. The first-order valence-corrected chi connectivity index (χ1v) is 7.07. The molecule has 0 radical (unpaired) electrons. The Bertz CT molecular complexity index is 253. The van der Waals surface area contributed by atoms with Gasteiger partial charge >= 0.3 is 0 Å². The lowest BCUT2D eigenvalue weighted by Gasteiger charge is -2.29. The van der Waals surface area contributed by atoms with Crippen LogP contribution in [0.3, 0.4) is 0 Å². The van der Waals surface area contributed by atoms with E-state index in [-0.39, 0.29) is 18.1 Å². The molecule has 0 saturated heterocycles. The van der Waals surface area contributed by atoms with Gasteiger partial charge in [-0.2, -0.15) is 0 Å². The summed E-state index contributed by atoms with van der Waals surface area (Å²) in [5.41, 5.74) is -0.250. The molecule has 0 spiro atoms. The van der Waals surface area contributed by atoms with Gasteiger partial charge < -0.3 is 15.4 Å². The maximum atomic E-state index is 11.7. The first kappa shape index (κ1) is 15.4. The second-order valence-corrected chi connectivity index (χ2v) is 6.07. The van der Waals surface area contributed by atoms with Gasteiger partial charge in [0.2, 0.25) is 5.91 Å². The lowest BCUT2D eigenvalue weighted by molar-refractivity contribution is -0.131. The van der Waals surface area contributed by atoms with Crippen LogP contribution in [-0.4, -0.2) is 36.7 Å². The fourth-order valence-electron chi connectivity index (χ4n) is 2.28. The topological polar surface area (TPSA) is 50.4 Å². The summed E-state index contributed by atoms with van der Waals surface area (Å²) in [4.78, 5) is 11.7. The maximum Gasteiger partial charge on any atom is 0.246 e. The first-order valence-electron chi connectivity index (χ1n) is 7.07. The summed E-state index contributed by atoms with van der Waals surface area (Å²) in [6, 6.07) is 0.963. The van der Waals surface area contributed by atoms with E-state index < -0.39 is 0 Å². The van der Waals surface area contributed by atoms with Gasteiger partial charge in [-0.25, -0.2) is 0 Å². The lowest BCUT2D eigenvalue weighted by Crippen LogP contribution is -2.43. The average molecular weight is 256 g/mol. The molecule has 1 rings (SSSR count). The number of hydrogen-bond acceptors (Lipinski definition) is 3. The molecule has 0 unspecified atom stereocenters. The van der Waals surface area contributed by atoms with E-state index in [2.05, 4.69) is 17.6 Å². The second kappa shape index (κ2) is 7.10. The molecule has 0 heterocycles. The van der Waals surface area contributed by atoms with E-state index in [4.69, 9.17) is 4.74 Å². The van der Waals surface area contributed by atoms with Gasteiger partial charge in [-0.15, -0.1) is 0 Å².